The molecule has 18 heavy (non-hydrogen) atoms. The van der Waals surface area contributed by atoms with E-state index in [1.54, 1.807) is 0 Å². The number of anilines is 2. The molecule has 3 N–H and O–H groups in total. The molecule has 0 spiro atoms. The van der Waals surface area contributed by atoms with E-state index < -0.39 is 0 Å². The SMILES string of the molecule is CCN1CCC(CNc2nc(Cl)ncc2N)CC1. The van der Waals surface area contributed by atoms with Crippen molar-refractivity contribution in [3.63, 3.8) is 0 Å². The van der Waals surface area contributed by atoms with Crippen LogP contribution in [0.15, 0.2) is 6.20 Å². The van der Waals surface area contributed by atoms with Crippen LogP contribution in [0.3, 0.4) is 0 Å². The zero-order valence-electron chi connectivity index (χ0n) is 10.7. The van der Waals surface area contributed by atoms with Crippen LogP contribution in [0.2, 0.25) is 5.28 Å². The van der Waals surface area contributed by atoms with E-state index in [9.17, 15) is 0 Å². The number of piperidine rings is 1. The van der Waals surface area contributed by atoms with Gasteiger partial charge in [0.25, 0.3) is 0 Å². The Morgan fingerprint density at radius 1 is 1.50 bits per heavy atom. The molecule has 1 aliphatic heterocycles. The fourth-order valence-electron chi connectivity index (χ4n) is 2.26. The maximum Gasteiger partial charge on any atom is 0.224 e. The smallest absolute Gasteiger partial charge is 0.224 e. The van der Waals surface area contributed by atoms with Crippen LogP contribution in [-0.2, 0) is 0 Å². The Morgan fingerprint density at radius 3 is 2.89 bits per heavy atom. The van der Waals surface area contributed by atoms with E-state index in [0.29, 0.717) is 17.4 Å². The molecule has 0 radical (unpaired) electrons. The van der Waals surface area contributed by atoms with Gasteiger partial charge in [0, 0.05) is 6.54 Å². The number of likely N-dealkylation sites (tertiary alicyclic amines) is 1. The van der Waals surface area contributed by atoms with Crippen molar-refractivity contribution in [2.45, 2.75) is 19.8 Å². The topological polar surface area (TPSA) is 67.1 Å². The van der Waals surface area contributed by atoms with E-state index in [4.69, 9.17) is 17.3 Å². The van der Waals surface area contributed by atoms with Gasteiger partial charge in [-0.1, -0.05) is 6.92 Å². The first kappa shape index (κ1) is 13.4. The number of rotatable bonds is 4. The molecule has 0 saturated carbocycles. The Morgan fingerprint density at radius 2 is 2.22 bits per heavy atom. The summed E-state index contributed by atoms with van der Waals surface area (Å²) >= 11 is 5.75. The lowest BCUT2D eigenvalue weighted by atomic mass is 9.97. The van der Waals surface area contributed by atoms with Crippen molar-refractivity contribution in [2.75, 3.05) is 37.2 Å². The fourth-order valence-corrected chi connectivity index (χ4v) is 2.39. The molecule has 2 heterocycles. The highest BCUT2D eigenvalue weighted by Crippen LogP contribution is 2.20. The molecule has 1 aliphatic rings. The highest BCUT2D eigenvalue weighted by atomic mass is 35.5. The summed E-state index contributed by atoms with van der Waals surface area (Å²) in [6, 6.07) is 0. The third kappa shape index (κ3) is 3.46. The van der Waals surface area contributed by atoms with E-state index in [0.717, 1.165) is 13.1 Å². The second-order valence-electron chi connectivity index (χ2n) is 4.70. The van der Waals surface area contributed by atoms with Crippen LogP contribution in [0, 0.1) is 5.92 Å². The Labute approximate surface area is 113 Å². The van der Waals surface area contributed by atoms with Crippen molar-refractivity contribution in [3.8, 4) is 0 Å². The summed E-state index contributed by atoms with van der Waals surface area (Å²) in [5.74, 6) is 1.33. The molecule has 0 atom stereocenters. The molecule has 0 unspecified atom stereocenters. The predicted octanol–water partition coefficient (Wildman–Crippen LogP) is 1.86. The van der Waals surface area contributed by atoms with E-state index in [1.807, 2.05) is 0 Å². The molecule has 1 fully saturated rings. The van der Waals surface area contributed by atoms with Crippen molar-refractivity contribution in [1.29, 1.82) is 0 Å². The third-order valence-electron chi connectivity index (χ3n) is 3.50. The number of aromatic nitrogens is 2. The number of nitrogens with two attached hydrogens (primary N) is 1. The first-order valence-electron chi connectivity index (χ1n) is 6.43. The Bertz CT molecular complexity index is 390. The van der Waals surface area contributed by atoms with Crippen LogP contribution in [0.5, 0.6) is 0 Å². The van der Waals surface area contributed by atoms with Gasteiger partial charge in [0.1, 0.15) is 0 Å². The first-order valence-corrected chi connectivity index (χ1v) is 6.81. The van der Waals surface area contributed by atoms with Gasteiger partial charge in [-0.3, -0.25) is 0 Å². The highest BCUT2D eigenvalue weighted by Gasteiger charge is 2.18. The maximum absolute atomic E-state index is 5.79. The van der Waals surface area contributed by atoms with Crippen LogP contribution in [0.25, 0.3) is 0 Å². The predicted molar refractivity (Wildman–Crippen MR) is 74.8 cm³/mol. The van der Waals surface area contributed by atoms with E-state index >= 15 is 0 Å². The monoisotopic (exact) mass is 269 g/mol. The fraction of sp³-hybridized carbons (Fsp3) is 0.667. The molecular formula is C12H20ClN5. The maximum atomic E-state index is 5.79. The van der Waals surface area contributed by atoms with Crippen LogP contribution in [0.1, 0.15) is 19.8 Å². The molecule has 0 aromatic carbocycles. The molecule has 1 saturated heterocycles. The third-order valence-corrected chi connectivity index (χ3v) is 3.68. The molecule has 0 amide bonds. The summed E-state index contributed by atoms with van der Waals surface area (Å²) in [7, 11) is 0. The normalized spacial score (nSPS) is 17.9. The zero-order valence-corrected chi connectivity index (χ0v) is 11.5. The molecule has 2 rings (SSSR count). The van der Waals surface area contributed by atoms with Crippen molar-refractivity contribution in [2.24, 2.45) is 5.92 Å². The van der Waals surface area contributed by atoms with Gasteiger partial charge in [-0.15, -0.1) is 0 Å². The molecular weight excluding hydrogens is 250 g/mol. The van der Waals surface area contributed by atoms with Crippen LogP contribution >= 0.6 is 11.6 Å². The number of nitrogen functional groups attached to an aromatic ring is 1. The van der Waals surface area contributed by atoms with Crippen molar-refractivity contribution in [3.05, 3.63) is 11.5 Å². The lowest BCUT2D eigenvalue weighted by molar-refractivity contribution is 0.198. The van der Waals surface area contributed by atoms with E-state index in [-0.39, 0.29) is 5.28 Å². The first-order chi connectivity index (χ1) is 8.69. The number of hydrogen-bond acceptors (Lipinski definition) is 5. The summed E-state index contributed by atoms with van der Waals surface area (Å²) in [5.41, 5.74) is 6.34. The molecule has 5 nitrogen and oxygen atoms in total. The Kier molecular flexibility index (Phi) is 4.60. The Balaban J connectivity index is 1.83. The number of halogens is 1. The lowest BCUT2D eigenvalue weighted by Gasteiger charge is -2.31. The van der Waals surface area contributed by atoms with Gasteiger partial charge in [0.15, 0.2) is 5.82 Å². The summed E-state index contributed by atoms with van der Waals surface area (Å²) in [6.45, 7) is 6.62. The summed E-state index contributed by atoms with van der Waals surface area (Å²) in [4.78, 5) is 10.4. The lowest BCUT2D eigenvalue weighted by Crippen LogP contribution is -2.35. The minimum Gasteiger partial charge on any atom is -0.394 e. The second-order valence-corrected chi connectivity index (χ2v) is 5.04. The largest absolute Gasteiger partial charge is 0.394 e. The van der Waals surface area contributed by atoms with Gasteiger partial charge < -0.3 is 16.0 Å². The highest BCUT2D eigenvalue weighted by molar-refractivity contribution is 6.28. The van der Waals surface area contributed by atoms with Crippen LogP contribution < -0.4 is 11.1 Å². The summed E-state index contributed by atoms with van der Waals surface area (Å²) < 4.78 is 0. The van der Waals surface area contributed by atoms with E-state index in [1.165, 1.54) is 32.1 Å². The van der Waals surface area contributed by atoms with Gasteiger partial charge in [-0.2, -0.15) is 4.98 Å². The minimum atomic E-state index is 0.229. The van der Waals surface area contributed by atoms with Gasteiger partial charge in [0.2, 0.25) is 5.28 Å². The molecule has 0 aliphatic carbocycles. The summed E-state index contributed by atoms with van der Waals surface area (Å²) in [5, 5.41) is 3.51. The average molecular weight is 270 g/mol. The van der Waals surface area contributed by atoms with E-state index in [2.05, 4.69) is 27.1 Å². The molecule has 1 aromatic rings. The van der Waals surface area contributed by atoms with Crippen LogP contribution in [-0.4, -0.2) is 41.0 Å². The van der Waals surface area contributed by atoms with Gasteiger partial charge in [-0.05, 0) is 50.0 Å². The van der Waals surface area contributed by atoms with Crippen LogP contribution in [0.4, 0.5) is 11.5 Å². The molecule has 100 valence electrons. The zero-order chi connectivity index (χ0) is 13.0. The van der Waals surface area contributed by atoms with Crippen molar-refractivity contribution < 1.29 is 0 Å². The Hall–Kier alpha value is -1.07. The number of hydrogen-bond donors (Lipinski definition) is 2. The number of nitrogens with one attached hydrogen (secondary N) is 1. The second kappa shape index (κ2) is 6.20. The van der Waals surface area contributed by atoms with Gasteiger partial charge in [-0.25, -0.2) is 4.98 Å². The number of nitrogens with zero attached hydrogens (tertiary/aromatic N) is 3. The van der Waals surface area contributed by atoms with Crippen molar-refractivity contribution in [1.82, 2.24) is 14.9 Å². The quantitative estimate of drug-likeness (QED) is 0.817. The average Bonchev–Trinajstić information content (AvgIpc) is 2.40. The summed E-state index contributed by atoms with van der Waals surface area (Å²) in [6.07, 6.45) is 3.98. The minimum absolute atomic E-state index is 0.229. The van der Waals surface area contributed by atoms with Gasteiger partial charge in [0.05, 0.1) is 11.9 Å². The van der Waals surface area contributed by atoms with Crippen molar-refractivity contribution >= 4 is 23.1 Å². The van der Waals surface area contributed by atoms with Gasteiger partial charge >= 0.3 is 0 Å². The molecule has 6 heteroatoms. The molecule has 1 aromatic heterocycles. The molecule has 0 bridgehead atoms. The standard InChI is InChI=1S/C12H20ClN5/c1-2-18-5-3-9(4-6-18)7-15-11-10(14)8-16-12(13)17-11/h8-9H,2-7,14H2,1H3,(H,15,16,17).